The highest BCUT2D eigenvalue weighted by Gasteiger charge is 2.23. The van der Waals surface area contributed by atoms with Crippen molar-refractivity contribution >= 4 is 21.8 Å². The second-order valence-corrected chi connectivity index (χ2v) is 6.95. The number of hydrogen-bond donors (Lipinski definition) is 1. The van der Waals surface area contributed by atoms with E-state index in [0.717, 1.165) is 37.2 Å². The lowest BCUT2D eigenvalue weighted by Crippen LogP contribution is -3.13. The molecule has 2 rings (SSSR count). The Morgan fingerprint density at radius 1 is 1.25 bits per heavy atom. The molecule has 0 spiro atoms. The number of nitrogens with zero attached hydrogens (tertiary/aromatic N) is 1. The monoisotopic (exact) mass is 339 g/mol. The first-order valence-corrected chi connectivity index (χ1v) is 8.19. The van der Waals surface area contributed by atoms with Crippen molar-refractivity contribution in [3.8, 4) is 0 Å². The number of benzene rings is 1. The molecule has 0 saturated carbocycles. The van der Waals surface area contributed by atoms with Crippen molar-refractivity contribution in [3.63, 3.8) is 0 Å². The first-order valence-electron chi connectivity index (χ1n) is 7.40. The van der Waals surface area contributed by atoms with Crippen LogP contribution in [-0.4, -0.2) is 37.0 Å². The van der Waals surface area contributed by atoms with Gasteiger partial charge in [0.15, 0.2) is 0 Å². The molecule has 0 radical (unpaired) electrons. The average molecular weight is 340 g/mol. The van der Waals surface area contributed by atoms with E-state index in [4.69, 9.17) is 0 Å². The zero-order valence-electron chi connectivity index (χ0n) is 12.4. The Morgan fingerprint density at radius 3 is 2.40 bits per heavy atom. The molecule has 1 aliphatic heterocycles. The summed E-state index contributed by atoms with van der Waals surface area (Å²) in [6.07, 6.45) is 0.683. The van der Waals surface area contributed by atoms with Crippen LogP contribution in [0.5, 0.6) is 0 Å². The molecule has 1 heterocycles. The summed E-state index contributed by atoms with van der Waals surface area (Å²) in [5, 5.41) is 0. The summed E-state index contributed by atoms with van der Waals surface area (Å²) in [7, 11) is 0. The third-order valence-electron chi connectivity index (χ3n) is 3.77. The van der Waals surface area contributed by atoms with Crippen LogP contribution in [0.2, 0.25) is 0 Å². The van der Waals surface area contributed by atoms with E-state index in [9.17, 15) is 4.79 Å². The number of nitrogens with one attached hydrogen (secondary N) is 1. The summed E-state index contributed by atoms with van der Waals surface area (Å²) >= 11 is 3.46. The van der Waals surface area contributed by atoms with Gasteiger partial charge in [-0.3, -0.25) is 4.79 Å². The summed E-state index contributed by atoms with van der Waals surface area (Å²) in [5.74, 6) is 0.776. The smallest absolute Gasteiger partial charge is 0.223 e. The number of halogens is 1. The number of piperazine rings is 1. The van der Waals surface area contributed by atoms with E-state index in [2.05, 4.69) is 54.0 Å². The summed E-state index contributed by atoms with van der Waals surface area (Å²) in [6, 6.07) is 8.54. The molecule has 1 fully saturated rings. The van der Waals surface area contributed by atoms with E-state index in [0.29, 0.717) is 18.2 Å². The van der Waals surface area contributed by atoms with Crippen LogP contribution >= 0.6 is 15.9 Å². The van der Waals surface area contributed by atoms with E-state index >= 15 is 0 Å². The van der Waals surface area contributed by atoms with Gasteiger partial charge in [0.1, 0.15) is 6.54 Å². The minimum absolute atomic E-state index is 0.322. The normalized spacial score (nSPS) is 16.7. The van der Waals surface area contributed by atoms with E-state index in [1.807, 2.05) is 4.90 Å². The van der Waals surface area contributed by atoms with Gasteiger partial charge in [-0.2, -0.15) is 0 Å². The molecule has 4 heteroatoms. The summed E-state index contributed by atoms with van der Waals surface area (Å²) in [6.45, 7) is 9.17. The van der Waals surface area contributed by atoms with Crippen LogP contribution in [0.4, 0.5) is 0 Å². The average Bonchev–Trinajstić information content (AvgIpc) is 2.41. The first-order chi connectivity index (χ1) is 9.54. The van der Waals surface area contributed by atoms with E-state index in [1.165, 1.54) is 5.56 Å². The van der Waals surface area contributed by atoms with E-state index in [-0.39, 0.29) is 0 Å². The Bertz CT molecular complexity index is 436. The molecular formula is C16H24BrN2O+. The molecule has 20 heavy (non-hydrogen) atoms. The predicted molar refractivity (Wildman–Crippen MR) is 84.6 cm³/mol. The second kappa shape index (κ2) is 7.23. The van der Waals surface area contributed by atoms with Crippen molar-refractivity contribution in [2.24, 2.45) is 5.92 Å². The number of carbonyl (C=O) groups is 1. The van der Waals surface area contributed by atoms with Crippen LogP contribution in [0.1, 0.15) is 25.8 Å². The number of amides is 1. The standard InChI is InChI=1S/C16H23BrN2O/c1-13(2)11-16(20)19-9-7-18(8-10-19)12-14-3-5-15(17)6-4-14/h3-6,13H,7-12H2,1-2H3/p+1. The van der Waals surface area contributed by atoms with Gasteiger partial charge < -0.3 is 9.80 Å². The highest BCUT2D eigenvalue weighted by atomic mass is 79.9. The molecule has 0 aliphatic carbocycles. The molecule has 0 bridgehead atoms. The van der Waals surface area contributed by atoms with Gasteiger partial charge in [0.05, 0.1) is 26.2 Å². The number of hydrogen-bond acceptors (Lipinski definition) is 1. The molecule has 0 aromatic heterocycles. The maximum Gasteiger partial charge on any atom is 0.223 e. The molecular weight excluding hydrogens is 316 g/mol. The minimum Gasteiger partial charge on any atom is -0.331 e. The van der Waals surface area contributed by atoms with Crippen LogP contribution in [0.15, 0.2) is 28.7 Å². The van der Waals surface area contributed by atoms with Crippen molar-refractivity contribution in [3.05, 3.63) is 34.3 Å². The van der Waals surface area contributed by atoms with Crippen molar-refractivity contribution in [2.45, 2.75) is 26.8 Å². The maximum absolute atomic E-state index is 12.0. The molecule has 1 aliphatic rings. The van der Waals surface area contributed by atoms with Gasteiger partial charge in [-0.05, 0) is 18.1 Å². The van der Waals surface area contributed by atoms with Crippen LogP contribution < -0.4 is 4.90 Å². The number of rotatable bonds is 4. The summed E-state index contributed by atoms with van der Waals surface area (Å²) in [4.78, 5) is 15.6. The summed E-state index contributed by atoms with van der Waals surface area (Å²) in [5.41, 5.74) is 1.37. The summed E-state index contributed by atoms with van der Waals surface area (Å²) < 4.78 is 1.13. The topological polar surface area (TPSA) is 24.8 Å². The Morgan fingerprint density at radius 2 is 1.85 bits per heavy atom. The molecule has 3 nitrogen and oxygen atoms in total. The minimum atomic E-state index is 0.322. The van der Waals surface area contributed by atoms with Crippen molar-refractivity contribution < 1.29 is 9.69 Å². The Balaban J connectivity index is 1.79. The van der Waals surface area contributed by atoms with E-state index < -0.39 is 0 Å². The van der Waals surface area contributed by atoms with Crippen LogP contribution in [0.25, 0.3) is 0 Å². The second-order valence-electron chi connectivity index (χ2n) is 6.03. The number of carbonyl (C=O) groups excluding carboxylic acids is 1. The fraction of sp³-hybridized carbons (Fsp3) is 0.562. The van der Waals surface area contributed by atoms with Crippen molar-refractivity contribution in [1.29, 1.82) is 0 Å². The maximum atomic E-state index is 12.0. The third kappa shape index (κ3) is 4.60. The molecule has 1 saturated heterocycles. The predicted octanol–water partition coefficient (Wildman–Crippen LogP) is 1.72. The Kier molecular flexibility index (Phi) is 5.61. The van der Waals surface area contributed by atoms with Gasteiger partial charge in [0, 0.05) is 16.5 Å². The third-order valence-corrected chi connectivity index (χ3v) is 4.30. The molecule has 110 valence electrons. The van der Waals surface area contributed by atoms with Gasteiger partial charge in [-0.1, -0.05) is 41.9 Å². The quantitative estimate of drug-likeness (QED) is 0.887. The van der Waals surface area contributed by atoms with Gasteiger partial charge in [-0.25, -0.2) is 0 Å². The number of quaternary nitrogens is 1. The van der Waals surface area contributed by atoms with Crippen LogP contribution in [0, 0.1) is 5.92 Å². The molecule has 0 atom stereocenters. The zero-order chi connectivity index (χ0) is 14.5. The largest absolute Gasteiger partial charge is 0.331 e. The highest BCUT2D eigenvalue weighted by molar-refractivity contribution is 9.10. The zero-order valence-corrected chi connectivity index (χ0v) is 13.9. The van der Waals surface area contributed by atoms with Gasteiger partial charge in [-0.15, -0.1) is 0 Å². The fourth-order valence-electron chi connectivity index (χ4n) is 2.62. The Labute approximate surface area is 130 Å². The van der Waals surface area contributed by atoms with Crippen LogP contribution in [0.3, 0.4) is 0 Å². The van der Waals surface area contributed by atoms with Gasteiger partial charge >= 0.3 is 0 Å². The fourth-order valence-corrected chi connectivity index (χ4v) is 2.88. The van der Waals surface area contributed by atoms with Crippen molar-refractivity contribution in [1.82, 2.24) is 4.90 Å². The highest BCUT2D eigenvalue weighted by Crippen LogP contribution is 2.10. The van der Waals surface area contributed by atoms with E-state index in [1.54, 1.807) is 4.90 Å². The molecule has 1 N–H and O–H groups in total. The lowest BCUT2D eigenvalue weighted by Gasteiger charge is -2.32. The molecule has 1 aromatic carbocycles. The SMILES string of the molecule is CC(C)CC(=O)N1CC[NH+](Cc2ccc(Br)cc2)CC1. The Hall–Kier alpha value is -0.870. The van der Waals surface area contributed by atoms with Crippen LogP contribution in [-0.2, 0) is 11.3 Å². The van der Waals surface area contributed by atoms with Crippen molar-refractivity contribution in [2.75, 3.05) is 26.2 Å². The lowest BCUT2D eigenvalue weighted by atomic mass is 10.1. The van der Waals surface area contributed by atoms with Gasteiger partial charge in [0.25, 0.3) is 0 Å². The lowest BCUT2D eigenvalue weighted by molar-refractivity contribution is -0.917. The molecule has 0 unspecified atom stereocenters. The molecule has 1 amide bonds. The first kappa shape index (κ1) is 15.5. The molecule has 1 aromatic rings. The van der Waals surface area contributed by atoms with Gasteiger partial charge in [0.2, 0.25) is 5.91 Å².